The van der Waals surface area contributed by atoms with Crippen LogP contribution in [0.4, 0.5) is 5.82 Å². The first-order chi connectivity index (χ1) is 12.2. The number of carbonyl (C=O) groups is 2. The molecule has 0 aliphatic heterocycles. The molecule has 0 spiro atoms. The third-order valence-corrected chi connectivity index (χ3v) is 3.79. The van der Waals surface area contributed by atoms with Crippen molar-refractivity contribution in [3.8, 4) is 5.75 Å². The molecule has 0 atom stereocenters. The van der Waals surface area contributed by atoms with Crippen LogP contribution >= 0.6 is 0 Å². The van der Waals surface area contributed by atoms with Crippen molar-refractivity contribution >= 4 is 17.6 Å². The number of Topliss-reactive ketones (excluding diaryl/α,β-unsaturated/α-hetero) is 1. The van der Waals surface area contributed by atoms with E-state index in [9.17, 15) is 19.2 Å². The molecule has 138 valence electrons. The Bertz CT molecular complexity index is 973. The molecule has 1 aromatic heterocycles. The fourth-order valence-electron chi connectivity index (χ4n) is 2.24. The highest BCUT2D eigenvalue weighted by atomic mass is 16.6. The van der Waals surface area contributed by atoms with Gasteiger partial charge in [0.25, 0.3) is 5.56 Å². The van der Waals surface area contributed by atoms with Crippen molar-refractivity contribution in [3.63, 3.8) is 0 Å². The molecule has 2 rings (SSSR count). The lowest BCUT2D eigenvalue weighted by atomic mass is 10.2. The summed E-state index contributed by atoms with van der Waals surface area (Å²) in [7, 11) is 2.55. The summed E-state index contributed by atoms with van der Waals surface area (Å²) >= 11 is 0. The quantitative estimate of drug-likeness (QED) is 0.557. The Morgan fingerprint density at radius 2 is 1.73 bits per heavy atom. The molecule has 9 nitrogen and oxygen atoms in total. The van der Waals surface area contributed by atoms with Gasteiger partial charge in [-0.2, -0.15) is 0 Å². The summed E-state index contributed by atoms with van der Waals surface area (Å²) in [4.78, 5) is 47.8. The van der Waals surface area contributed by atoms with Gasteiger partial charge in [0.2, 0.25) is 5.78 Å². The van der Waals surface area contributed by atoms with E-state index in [0.29, 0.717) is 5.75 Å². The number of carbonyl (C=O) groups excluding carboxylic acids is 2. The number of esters is 1. The second kappa shape index (κ2) is 7.68. The number of anilines is 1. The Morgan fingerprint density at radius 3 is 2.38 bits per heavy atom. The third kappa shape index (κ3) is 3.82. The summed E-state index contributed by atoms with van der Waals surface area (Å²) in [6, 6.07) is 7.11. The van der Waals surface area contributed by atoms with E-state index >= 15 is 0 Å². The highest BCUT2D eigenvalue weighted by Crippen LogP contribution is 2.15. The van der Waals surface area contributed by atoms with Gasteiger partial charge in [0.1, 0.15) is 17.1 Å². The van der Waals surface area contributed by atoms with E-state index in [1.54, 1.807) is 12.1 Å². The minimum Gasteiger partial charge on any atom is -0.482 e. The fraction of sp³-hybridized carbons (Fsp3) is 0.294. The number of nitrogens with two attached hydrogens (primary N) is 1. The van der Waals surface area contributed by atoms with E-state index in [0.717, 1.165) is 14.7 Å². The van der Waals surface area contributed by atoms with Gasteiger partial charge in [0.05, 0.1) is 0 Å². The van der Waals surface area contributed by atoms with Gasteiger partial charge in [-0.15, -0.1) is 0 Å². The minimum absolute atomic E-state index is 0.282. The van der Waals surface area contributed by atoms with Crippen LogP contribution in [-0.2, 0) is 23.6 Å². The number of hydrogen-bond donors (Lipinski definition) is 1. The number of hydrogen-bond acceptors (Lipinski definition) is 7. The molecule has 0 aliphatic rings. The van der Waals surface area contributed by atoms with E-state index in [1.807, 2.05) is 19.1 Å². The van der Waals surface area contributed by atoms with Crippen LogP contribution in [0.15, 0.2) is 33.9 Å². The Hall–Kier alpha value is -3.36. The molecule has 2 N–H and O–H groups in total. The molecule has 0 fully saturated rings. The van der Waals surface area contributed by atoms with Crippen molar-refractivity contribution in [2.75, 3.05) is 18.9 Å². The number of ketones is 1. The second-order valence-electron chi connectivity index (χ2n) is 5.60. The SMILES string of the molecule is Cc1ccccc1OCC(=O)OCC(=O)c1c(N)n(C)c(=O)n(C)c1=O. The maximum absolute atomic E-state index is 12.2. The molecule has 0 amide bonds. The fourth-order valence-corrected chi connectivity index (χ4v) is 2.24. The second-order valence-corrected chi connectivity index (χ2v) is 5.60. The molecular weight excluding hydrogens is 342 g/mol. The monoisotopic (exact) mass is 361 g/mol. The highest BCUT2D eigenvalue weighted by Gasteiger charge is 2.21. The van der Waals surface area contributed by atoms with Crippen LogP contribution < -0.4 is 21.7 Å². The van der Waals surface area contributed by atoms with Crippen molar-refractivity contribution in [2.45, 2.75) is 6.92 Å². The zero-order chi connectivity index (χ0) is 19.4. The van der Waals surface area contributed by atoms with Crippen molar-refractivity contribution in [3.05, 3.63) is 56.2 Å². The van der Waals surface area contributed by atoms with Crippen LogP contribution in [0.5, 0.6) is 5.75 Å². The van der Waals surface area contributed by atoms with Crippen LogP contribution in [0, 0.1) is 6.92 Å². The Labute approximate surface area is 148 Å². The van der Waals surface area contributed by atoms with Crippen LogP contribution in [0.25, 0.3) is 0 Å². The zero-order valence-electron chi connectivity index (χ0n) is 14.6. The number of rotatable bonds is 6. The Morgan fingerprint density at radius 1 is 1.08 bits per heavy atom. The maximum atomic E-state index is 12.2. The van der Waals surface area contributed by atoms with Gasteiger partial charge < -0.3 is 15.2 Å². The van der Waals surface area contributed by atoms with Crippen molar-refractivity contribution < 1.29 is 19.1 Å². The summed E-state index contributed by atoms with van der Waals surface area (Å²) < 4.78 is 11.9. The average molecular weight is 361 g/mol. The van der Waals surface area contributed by atoms with Gasteiger partial charge in [0, 0.05) is 14.1 Å². The normalized spacial score (nSPS) is 10.4. The van der Waals surface area contributed by atoms with Crippen LogP contribution in [0.3, 0.4) is 0 Å². The lowest BCUT2D eigenvalue weighted by molar-refractivity contribution is -0.144. The number of ether oxygens (including phenoxy) is 2. The van der Waals surface area contributed by atoms with E-state index < -0.39 is 35.2 Å². The van der Waals surface area contributed by atoms with Crippen molar-refractivity contribution in [1.29, 1.82) is 0 Å². The summed E-state index contributed by atoms with van der Waals surface area (Å²) in [5, 5.41) is 0. The van der Waals surface area contributed by atoms with E-state index in [1.165, 1.54) is 14.1 Å². The van der Waals surface area contributed by atoms with E-state index in [4.69, 9.17) is 15.2 Å². The molecule has 0 saturated heterocycles. The first-order valence-electron chi connectivity index (χ1n) is 7.66. The predicted molar refractivity (Wildman–Crippen MR) is 93.3 cm³/mol. The number of aryl methyl sites for hydroxylation is 1. The first-order valence-corrected chi connectivity index (χ1v) is 7.66. The van der Waals surface area contributed by atoms with Gasteiger partial charge >= 0.3 is 11.7 Å². The van der Waals surface area contributed by atoms with Gasteiger partial charge in [-0.1, -0.05) is 18.2 Å². The highest BCUT2D eigenvalue weighted by molar-refractivity contribution is 6.01. The summed E-state index contributed by atoms with van der Waals surface area (Å²) in [6.45, 7) is 0.745. The summed E-state index contributed by atoms with van der Waals surface area (Å²) in [5.41, 5.74) is 4.62. The number of para-hydroxylation sites is 1. The van der Waals surface area contributed by atoms with Gasteiger partial charge in [0.15, 0.2) is 13.2 Å². The minimum atomic E-state index is -0.845. The molecule has 0 unspecified atom stereocenters. The molecule has 2 aromatic rings. The third-order valence-electron chi connectivity index (χ3n) is 3.79. The van der Waals surface area contributed by atoms with Gasteiger partial charge in [-0.05, 0) is 18.6 Å². The largest absolute Gasteiger partial charge is 0.482 e. The molecule has 0 radical (unpaired) electrons. The average Bonchev–Trinajstić information content (AvgIpc) is 2.62. The predicted octanol–water partition coefficient (Wildman–Crippen LogP) is -0.220. The lowest BCUT2D eigenvalue weighted by Crippen LogP contribution is -2.42. The molecule has 1 aromatic carbocycles. The van der Waals surface area contributed by atoms with Crippen molar-refractivity contribution in [2.24, 2.45) is 14.1 Å². The lowest BCUT2D eigenvalue weighted by Gasteiger charge is -2.11. The smallest absolute Gasteiger partial charge is 0.344 e. The van der Waals surface area contributed by atoms with Crippen LogP contribution in [0.1, 0.15) is 15.9 Å². The molecule has 9 heteroatoms. The zero-order valence-corrected chi connectivity index (χ0v) is 14.6. The number of nitrogens with zero attached hydrogens (tertiary/aromatic N) is 2. The van der Waals surface area contributed by atoms with Gasteiger partial charge in [-0.25, -0.2) is 9.59 Å². The molecule has 26 heavy (non-hydrogen) atoms. The van der Waals surface area contributed by atoms with Crippen molar-refractivity contribution in [1.82, 2.24) is 9.13 Å². The van der Waals surface area contributed by atoms with E-state index in [2.05, 4.69) is 0 Å². The first kappa shape index (κ1) is 19.0. The molecule has 0 aliphatic carbocycles. The van der Waals surface area contributed by atoms with Crippen LogP contribution in [-0.4, -0.2) is 34.1 Å². The number of benzene rings is 1. The number of nitrogen functional groups attached to an aromatic ring is 1. The molecule has 0 bridgehead atoms. The maximum Gasteiger partial charge on any atom is 0.344 e. The van der Waals surface area contributed by atoms with E-state index in [-0.39, 0.29) is 12.4 Å². The number of aromatic nitrogens is 2. The molecular formula is C17H19N3O6. The summed E-state index contributed by atoms with van der Waals surface area (Å²) in [5.74, 6) is -1.34. The van der Waals surface area contributed by atoms with Gasteiger partial charge in [-0.3, -0.25) is 18.7 Å². The molecule has 0 saturated carbocycles. The molecule has 1 heterocycles. The standard InChI is InChI=1S/C17H19N3O6/c1-10-6-4-5-7-12(10)25-9-13(22)26-8-11(21)14-15(18)19(2)17(24)20(3)16(14)23/h4-7H,8-9,18H2,1-3H3. The topological polar surface area (TPSA) is 123 Å². The Balaban J connectivity index is 2.03. The van der Waals surface area contributed by atoms with Crippen LogP contribution in [0.2, 0.25) is 0 Å². The summed E-state index contributed by atoms with van der Waals surface area (Å²) in [6.07, 6.45) is 0. The Kier molecular flexibility index (Phi) is 5.61.